The molecule has 0 fully saturated rings. The molecule has 3 heteroatoms. The van der Waals surface area contributed by atoms with Crippen LogP contribution < -0.4 is 5.63 Å². The molecule has 0 aliphatic rings. The number of aryl methyl sites for hydroxylation is 1. The maximum atomic E-state index is 11.6. The summed E-state index contributed by atoms with van der Waals surface area (Å²) in [4.78, 5) is 11.6. The van der Waals surface area contributed by atoms with Crippen molar-refractivity contribution in [2.75, 3.05) is 0 Å². The van der Waals surface area contributed by atoms with Crippen LogP contribution in [-0.4, -0.2) is 0 Å². The van der Waals surface area contributed by atoms with Crippen molar-refractivity contribution in [2.24, 2.45) is 0 Å². The lowest BCUT2D eigenvalue weighted by Gasteiger charge is -2.16. The predicted octanol–water partition coefficient (Wildman–Crippen LogP) is 4.40. The Kier molecular flexibility index (Phi) is 2.75. The van der Waals surface area contributed by atoms with E-state index < -0.39 is 0 Å². The summed E-state index contributed by atoms with van der Waals surface area (Å²) >= 11 is 0. The summed E-state index contributed by atoms with van der Waals surface area (Å²) in [5.41, 5.74) is 3.25. The Balaban J connectivity index is 2.43. The van der Waals surface area contributed by atoms with Crippen molar-refractivity contribution in [3.05, 3.63) is 46.0 Å². The van der Waals surface area contributed by atoms with Gasteiger partial charge in [-0.05, 0) is 23.5 Å². The molecule has 104 valence electrons. The maximum Gasteiger partial charge on any atom is 0.336 e. The molecule has 2 aromatic heterocycles. The van der Waals surface area contributed by atoms with Crippen LogP contribution in [0.4, 0.5) is 0 Å². The van der Waals surface area contributed by atoms with Gasteiger partial charge < -0.3 is 8.83 Å². The minimum absolute atomic E-state index is 0.0148. The first-order chi connectivity index (χ1) is 9.40. The van der Waals surface area contributed by atoms with Crippen molar-refractivity contribution < 1.29 is 8.83 Å². The van der Waals surface area contributed by atoms with Crippen molar-refractivity contribution in [3.8, 4) is 0 Å². The van der Waals surface area contributed by atoms with Crippen LogP contribution in [-0.2, 0) is 11.8 Å². The van der Waals surface area contributed by atoms with Crippen LogP contribution >= 0.6 is 0 Å². The van der Waals surface area contributed by atoms with Gasteiger partial charge >= 0.3 is 5.63 Å². The Bertz CT molecular complexity index is 844. The zero-order valence-corrected chi connectivity index (χ0v) is 12.2. The second kappa shape index (κ2) is 4.23. The lowest BCUT2D eigenvalue weighted by Crippen LogP contribution is -2.09. The molecule has 0 aliphatic heterocycles. The van der Waals surface area contributed by atoms with Crippen LogP contribution in [0.5, 0.6) is 0 Å². The molecule has 1 aromatic carbocycles. The van der Waals surface area contributed by atoms with Crippen LogP contribution in [0.25, 0.3) is 21.9 Å². The number of hydrogen-bond acceptors (Lipinski definition) is 3. The van der Waals surface area contributed by atoms with Crippen molar-refractivity contribution in [3.63, 3.8) is 0 Å². The molecule has 0 spiro atoms. The third-order valence-electron chi connectivity index (χ3n) is 3.71. The van der Waals surface area contributed by atoms with Crippen LogP contribution in [0, 0.1) is 0 Å². The van der Waals surface area contributed by atoms with E-state index in [0.717, 1.165) is 28.3 Å². The first-order valence-electron chi connectivity index (χ1n) is 6.88. The number of benzene rings is 1. The highest BCUT2D eigenvalue weighted by atomic mass is 16.4. The fourth-order valence-corrected chi connectivity index (χ4v) is 2.62. The van der Waals surface area contributed by atoms with E-state index in [1.165, 1.54) is 5.56 Å². The molecule has 0 amide bonds. The standard InChI is InChI=1S/C17H18O3/c1-5-10-6-16(18)20-15-8-14-12(7-11(10)15)13(9-19-14)17(2,3)4/h6-9H,5H2,1-4H3. The molecular formula is C17H18O3. The van der Waals surface area contributed by atoms with Gasteiger partial charge in [-0.1, -0.05) is 27.7 Å². The Morgan fingerprint density at radius 2 is 1.80 bits per heavy atom. The van der Waals surface area contributed by atoms with Gasteiger partial charge in [-0.25, -0.2) is 4.79 Å². The Morgan fingerprint density at radius 3 is 2.45 bits per heavy atom. The minimum Gasteiger partial charge on any atom is -0.464 e. The second-order valence-electron chi connectivity index (χ2n) is 6.19. The average Bonchev–Trinajstić information content (AvgIpc) is 2.77. The van der Waals surface area contributed by atoms with E-state index in [1.807, 2.05) is 13.0 Å². The van der Waals surface area contributed by atoms with E-state index in [1.54, 1.807) is 12.3 Å². The summed E-state index contributed by atoms with van der Waals surface area (Å²) in [6.07, 6.45) is 2.60. The summed E-state index contributed by atoms with van der Waals surface area (Å²) in [6.45, 7) is 8.52. The highest BCUT2D eigenvalue weighted by Gasteiger charge is 2.20. The van der Waals surface area contributed by atoms with Crippen LogP contribution in [0.3, 0.4) is 0 Å². The molecular weight excluding hydrogens is 252 g/mol. The normalized spacial score (nSPS) is 12.4. The molecule has 0 saturated heterocycles. The van der Waals surface area contributed by atoms with Gasteiger partial charge in [-0.15, -0.1) is 0 Å². The maximum absolute atomic E-state index is 11.6. The van der Waals surface area contributed by atoms with Crippen LogP contribution in [0.1, 0.15) is 38.8 Å². The molecule has 0 N–H and O–H groups in total. The summed E-state index contributed by atoms with van der Waals surface area (Å²) < 4.78 is 10.9. The van der Waals surface area contributed by atoms with Gasteiger partial charge in [0.1, 0.15) is 11.2 Å². The van der Waals surface area contributed by atoms with E-state index in [-0.39, 0.29) is 11.0 Å². The topological polar surface area (TPSA) is 43.4 Å². The summed E-state index contributed by atoms with van der Waals surface area (Å²) in [5.74, 6) is 0. The Labute approximate surface area is 117 Å². The lowest BCUT2D eigenvalue weighted by atomic mass is 9.86. The molecule has 0 radical (unpaired) electrons. The molecule has 3 nitrogen and oxygen atoms in total. The second-order valence-corrected chi connectivity index (χ2v) is 6.19. The van der Waals surface area contributed by atoms with Crippen molar-refractivity contribution in [1.29, 1.82) is 0 Å². The van der Waals surface area contributed by atoms with Gasteiger partial charge in [-0.3, -0.25) is 0 Å². The zero-order chi connectivity index (χ0) is 14.5. The van der Waals surface area contributed by atoms with E-state index in [9.17, 15) is 4.79 Å². The van der Waals surface area contributed by atoms with Gasteiger partial charge in [0, 0.05) is 28.5 Å². The number of hydrogen-bond donors (Lipinski definition) is 0. The molecule has 0 saturated carbocycles. The molecule has 0 bridgehead atoms. The summed E-state index contributed by atoms with van der Waals surface area (Å²) in [7, 11) is 0. The van der Waals surface area contributed by atoms with Gasteiger partial charge in [-0.2, -0.15) is 0 Å². The first kappa shape index (κ1) is 13.0. The smallest absolute Gasteiger partial charge is 0.336 e. The molecule has 0 unspecified atom stereocenters. The van der Waals surface area contributed by atoms with Gasteiger partial charge in [0.25, 0.3) is 0 Å². The fourth-order valence-electron chi connectivity index (χ4n) is 2.62. The number of furan rings is 1. The SMILES string of the molecule is CCc1cc(=O)oc2cc3occ(C(C)(C)C)c3cc12. The lowest BCUT2D eigenvalue weighted by molar-refractivity contribution is 0.552. The highest BCUT2D eigenvalue weighted by molar-refractivity contribution is 5.96. The molecule has 3 rings (SSSR count). The molecule has 3 aromatic rings. The predicted molar refractivity (Wildman–Crippen MR) is 80.3 cm³/mol. The van der Waals surface area contributed by atoms with Crippen LogP contribution in [0.15, 0.2) is 38.1 Å². The Morgan fingerprint density at radius 1 is 1.05 bits per heavy atom. The van der Waals surface area contributed by atoms with E-state index in [4.69, 9.17) is 8.83 Å². The highest BCUT2D eigenvalue weighted by Crippen LogP contribution is 2.34. The molecule has 0 atom stereocenters. The average molecular weight is 270 g/mol. The third kappa shape index (κ3) is 1.94. The van der Waals surface area contributed by atoms with E-state index >= 15 is 0 Å². The zero-order valence-electron chi connectivity index (χ0n) is 12.2. The van der Waals surface area contributed by atoms with Crippen molar-refractivity contribution >= 4 is 21.9 Å². The minimum atomic E-state index is -0.309. The van der Waals surface area contributed by atoms with Crippen molar-refractivity contribution in [1.82, 2.24) is 0 Å². The van der Waals surface area contributed by atoms with E-state index in [2.05, 4.69) is 26.8 Å². The number of rotatable bonds is 1. The van der Waals surface area contributed by atoms with Crippen molar-refractivity contribution in [2.45, 2.75) is 39.5 Å². The summed E-state index contributed by atoms with van der Waals surface area (Å²) in [5, 5.41) is 2.08. The summed E-state index contributed by atoms with van der Waals surface area (Å²) in [6, 6.07) is 5.47. The van der Waals surface area contributed by atoms with E-state index in [0.29, 0.717) is 5.58 Å². The molecule has 2 heterocycles. The molecule has 0 aliphatic carbocycles. The third-order valence-corrected chi connectivity index (χ3v) is 3.71. The Hall–Kier alpha value is -2.03. The van der Waals surface area contributed by atoms with Gasteiger partial charge in [0.05, 0.1) is 6.26 Å². The van der Waals surface area contributed by atoms with Gasteiger partial charge in [0.2, 0.25) is 0 Å². The monoisotopic (exact) mass is 270 g/mol. The molecule has 20 heavy (non-hydrogen) atoms. The largest absolute Gasteiger partial charge is 0.464 e. The number of fused-ring (bicyclic) bond motifs is 2. The first-order valence-corrected chi connectivity index (χ1v) is 6.88. The fraction of sp³-hybridized carbons (Fsp3) is 0.353. The van der Waals surface area contributed by atoms with Gasteiger partial charge in [0.15, 0.2) is 0 Å². The van der Waals surface area contributed by atoms with Crippen LogP contribution in [0.2, 0.25) is 0 Å². The quantitative estimate of drug-likeness (QED) is 0.615.